The van der Waals surface area contributed by atoms with E-state index in [0.29, 0.717) is 5.56 Å². The topological polar surface area (TPSA) is 135 Å². The Labute approximate surface area is 218 Å². The van der Waals surface area contributed by atoms with Crippen LogP contribution in [0.3, 0.4) is 0 Å². The molecule has 0 unspecified atom stereocenters. The van der Waals surface area contributed by atoms with Crippen LogP contribution in [0, 0.1) is 18.3 Å². The highest BCUT2D eigenvalue weighted by Crippen LogP contribution is 2.29. The second-order valence-corrected chi connectivity index (χ2v) is 8.48. The van der Waals surface area contributed by atoms with Crippen molar-refractivity contribution >= 4 is 29.1 Å². The van der Waals surface area contributed by atoms with Crippen molar-refractivity contribution < 1.29 is 22.8 Å². The summed E-state index contributed by atoms with van der Waals surface area (Å²) in [7, 11) is 2.61. The molecule has 0 aliphatic rings. The first-order valence-electron chi connectivity index (χ1n) is 10.9. The van der Waals surface area contributed by atoms with Crippen molar-refractivity contribution in [3.05, 3.63) is 75.5 Å². The number of carbonyl (C=O) groups excluding carboxylic acids is 2. The van der Waals surface area contributed by atoms with E-state index in [2.05, 4.69) is 25.8 Å². The van der Waals surface area contributed by atoms with Gasteiger partial charge in [0.2, 0.25) is 0 Å². The molecule has 0 saturated carbocycles. The number of halogens is 4. The van der Waals surface area contributed by atoms with E-state index in [1.807, 2.05) is 6.07 Å². The molecule has 2 N–H and O–H groups in total. The lowest BCUT2D eigenvalue weighted by Gasteiger charge is -2.21. The van der Waals surface area contributed by atoms with Gasteiger partial charge in [-0.25, -0.2) is 14.3 Å². The van der Waals surface area contributed by atoms with Crippen LogP contribution in [0.2, 0.25) is 5.02 Å². The number of rotatable bonds is 6. The Balaban J connectivity index is 1.76. The van der Waals surface area contributed by atoms with Crippen molar-refractivity contribution in [1.29, 1.82) is 5.26 Å². The van der Waals surface area contributed by atoms with Gasteiger partial charge in [0.15, 0.2) is 5.82 Å². The summed E-state index contributed by atoms with van der Waals surface area (Å²) >= 11 is 6.28. The largest absolute Gasteiger partial charge is 0.453 e. The highest BCUT2D eigenvalue weighted by Gasteiger charge is 2.39. The number of pyridine rings is 1. The summed E-state index contributed by atoms with van der Waals surface area (Å²) in [6.45, 7) is 1.43. The summed E-state index contributed by atoms with van der Waals surface area (Å²) in [5, 5.41) is 22.4. The van der Waals surface area contributed by atoms with Crippen molar-refractivity contribution in [1.82, 2.24) is 34.7 Å². The zero-order chi connectivity index (χ0) is 27.8. The standard InChI is InChI=1S/C23H19ClF3N9O2/c1-12-7-13(10-28)8-15(20(37)29-2)18(12)31-21(38)17-9-14(11-35-33-22(34(35)3)23(25,26)27)32-36(17)19-16(24)5-4-6-30-19/h4-9H,11H2,1-3H3,(H,29,37)(H,31,38). The number of alkyl halides is 3. The SMILES string of the molecule is CNC(=O)c1cc(C#N)cc(C)c1NC(=O)c1cc(Cn2nc(C(F)(F)F)n2C)nn1-c1ncccc1Cl. The molecular weight excluding hydrogens is 527 g/mol. The van der Waals surface area contributed by atoms with Crippen LogP contribution >= 0.6 is 11.6 Å². The summed E-state index contributed by atoms with van der Waals surface area (Å²) in [5.41, 5.74) is 1.04. The molecule has 0 spiro atoms. The summed E-state index contributed by atoms with van der Waals surface area (Å²) < 4.78 is 40.9. The summed E-state index contributed by atoms with van der Waals surface area (Å²) in [6, 6.07) is 9.28. The minimum Gasteiger partial charge on any atom is -0.355 e. The van der Waals surface area contributed by atoms with Crippen LogP contribution in [-0.2, 0) is 19.8 Å². The smallest absolute Gasteiger partial charge is 0.355 e. The number of aromatic nitrogens is 6. The highest BCUT2D eigenvalue weighted by molar-refractivity contribution is 6.32. The van der Waals surface area contributed by atoms with Gasteiger partial charge in [-0.2, -0.15) is 28.3 Å². The zero-order valence-corrected chi connectivity index (χ0v) is 20.9. The van der Waals surface area contributed by atoms with Gasteiger partial charge >= 0.3 is 6.18 Å². The number of nitrogens with one attached hydrogen (secondary N) is 2. The van der Waals surface area contributed by atoms with Gasteiger partial charge in [0, 0.05) is 20.3 Å². The first kappa shape index (κ1) is 26.4. The van der Waals surface area contributed by atoms with E-state index in [1.54, 1.807) is 13.0 Å². The van der Waals surface area contributed by atoms with Gasteiger partial charge in [0.05, 0.1) is 33.6 Å². The van der Waals surface area contributed by atoms with Crippen LogP contribution in [0.15, 0.2) is 36.5 Å². The summed E-state index contributed by atoms with van der Waals surface area (Å²) in [4.78, 5) is 31.2. The molecular formula is C23H19ClF3N9O2. The molecule has 0 aliphatic carbocycles. The second-order valence-electron chi connectivity index (χ2n) is 8.08. The van der Waals surface area contributed by atoms with Gasteiger partial charge in [-0.15, -0.1) is 5.10 Å². The quantitative estimate of drug-likeness (QED) is 0.381. The molecule has 2 amide bonds. The summed E-state index contributed by atoms with van der Waals surface area (Å²) in [5.74, 6) is -2.20. The average Bonchev–Trinajstić information content (AvgIpc) is 3.29. The van der Waals surface area contributed by atoms with Crippen LogP contribution in [-0.4, -0.2) is 48.2 Å². The third-order valence-electron chi connectivity index (χ3n) is 5.53. The van der Waals surface area contributed by atoms with Gasteiger partial charge in [-0.3, -0.25) is 9.59 Å². The highest BCUT2D eigenvalue weighted by atomic mass is 35.5. The Bertz CT molecular complexity index is 1590. The molecule has 11 nitrogen and oxygen atoms in total. The molecule has 4 aromatic rings. The number of anilines is 1. The molecule has 38 heavy (non-hydrogen) atoms. The van der Waals surface area contributed by atoms with Crippen molar-refractivity contribution in [2.45, 2.75) is 19.6 Å². The lowest BCUT2D eigenvalue weighted by atomic mass is 10.0. The van der Waals surface area contributed by atoms with Gasteiger partial charge in [0.25, 0.3) is 17.6 Å². The van der Waals surface area contributed by atoms with Crippen LogP contribution in [0.25, 0.3) is 5.82 Å². The molecule has 0 saturated heterocycles. The minimum atomic E-state index is -4.61. The van der Waals surface area contributed by atoms with Crippen LogP contribution in [0.4, 0.5) is 18.9 Å². The fraction of sp³-hybridized carbons (Fsp3) is 0.217. The Hall–Kier alpha value is -4.64. The van der Waals surface area contributed by atoms with Crippen molar-refractivity contribution in [2.24, 2.45) is 7.05 Å². The van der Waals surface area contributed by atoms with Crippen molar-refractivity contribution in [3.8, 4) is 11.9 Å². The minimum absolute atomic E-state index is 0.0598. The molecule has 196 valence electrons. The first-order valence-corrected chi connectivity index (χ1v) is 11.3. The number of hydrogen-bond donors (Lipinski definition) is 2. The van der Waals surface area contributed by atoms with E-state index in [-0.39, 0.29) is 45.6 Å². The maximum absolute atomic E-state index is 13.5. The molecule has 0 fully saturated rings. The number of nitriles is 1. The Morgan fingerprint density at radius 2 is 1.92 bits per heavy atom. The maximum Gasteiger partial charge on any atom is 0.453 e. The molecule has 3 heterocycles. The third kappa shape index (κ3) is 4.96. The molecule has 4 rings (SSSR count). The normalized spacial score (nSPS) is 11.3. The molecule has 1 aromatic carbocycles. The fourth-order valence-corrected chi connectivity index (χ4v) is 3.91. The van der Waals surface area contributed by atoms with E-state index >= 15 is 0 Å². The van der Waals surface area contributed by atoms with Gasteiger partial charge in [-0.1, -0.05) is 11.6 Å². The van der Waals surface area contributed by atoms with E-state index in [1.165, 1.54) is 44.6 Å². The number of amides is 2. The Morgan fingerprint density at radius 1 is 1.18 bits per heavy atom. The molecule has 15 heteroatoms. The van der Waals surface area contributed by atoms with Crippen LogP contribution < -0.4 is 10.6 Å². The second kappa shape index (κ2) is 10.0. The van der Waals surface area contributed by atoms with E-state index in [9.17, 15) is 28.0 Å². The number of carbonyl (C=O) groups is 2. The van der Waals surface area contributed by atoms with Crippen LogP contribution in [0.1, 0.15) is 43.5 Å². The Morgan fingerprint density at radius 3 is 2.53 bits per heavy atom. The lowest BCUT2D eigenvalue weighted by Crippen LogP contribution is -2.34. The lowest BCUT2D eigenvalue weighted by molar-refractivity contribution is -0.156. The molecule has 3 aromatic heterocycles. The monoisotopic (exact) mass is 545 g/mol. The summed E-state index contributed by atoms with van der Waals surface area (Å²) in [6.07, 6.45) is -3.18. The average molecular weight is 546 g/mol. The van der Waals surface area contributed by atoms with Gasteiger partial charge in [-0.05, 0) is 42.8 Å². The van der Waals surface area contributed by atoms with Crippen molar-refractivity contribution in [3.63, 3.8) is 0 Å². The molecule has 0 atom stereocenters. The van der Waals surface area contributed by atoms with Crippen LogP contribution in [0.5, 0.6) is 0 Å². The van der Waals surface area contributed by atoms with Gasteiger partial charge < -0.3 is 10.6 Å². The number of hydrogen-bond acceptors (Lipinski definition) is 6. The molecule has 0 radical (unpaired) electrons. The van der Waals surface area contributed by atoms with E-state index < -0.39 is 23.8 Å². The molecule has 0 aliphatic heterocycles. The zero-order valence-electron chi connectivity index (χ0n) is 20.1. The first-order chi connectivity index (χ1) is 17.9. The van der Waals surface area contributed by atoms with E-state index in [4.69, 9.17) is 11.6 Å². The number of benzene rings is 1. The predicted octanol–water partition coefficient (Wildman–Crippen LogP) is 3.31. The predicted molar refractivity (Wildman–Crippen MR) is 129 cm³/mol. The number of nitrogens with zero attached hydrogens (tertiary/aromatic N) is 7. The van der Waals surface area contributed by atoms with E-state index in [0.717, 1.165) is 14.2 Å². The third-order valence-corrected chi connectivity index (χ3v) is 5.82. The fourth-order valence-electron chi connectivity index (χ4n) is 3.71. The van der Waals surface area contributed by atoms with Gasteiger partial charge in [0.1, 0.15) is 12.2 Å². The molecule has 0 bridgehead atoms. The maximum atomic E-state index is 13.5. The van der Waals surface area contributed by atoms with Crippen molar-refractivity contribution in [2.75, 3.05) is 12.4 Å². The number of aryl methyl sites for hydroxylation is 1. The Kier molecular flexibility index (Phi) is 6.97.